The number of nitrogens with one attached hydrogen (secondary N) is 1. The van der Waals surface area contributed by atoms with E-state index in [1.165, 1.54) is 16.1 Å². The number of anilines is 2. The zero-order chi connectivity index (χ0) is 21.8. The lowest BCUT2D eigenvalue weighted by molar-refractivity contribution is -0.113. The SMILES string of the molecule is Cn1ccnc1SCC(=O)Nc1cc(S(=O)(=O)N2CCOCC2)ccc1N1CCCC1. The normalized spacial score (nSPS) is 17.8. The summed E-state index contributed by atoms with van der Waals surface area (Å²) >= 11 is 1.34. The molecule has 2 aliphatic rings. The number of carbonyl (C=O) groups is 1. The minimum absolute atomic E-state index is 0.185. The highest BCUT2D eigenvalue weighted by Crippen LogP contribution is 2.32. The highest BCUT2D eigenvalue weighted by atomic mass is 32.2. The molecular weight excluding hydrogens is 438 g/mol. The fraction of sp³-hybridized carbons (Fsp3) is 0.500. The standard InChI is InChI=1S/C20H27N5O4S2/c1-23-9-6-21-20(23)30-15-19(26)22-17-14-16(4-5-18(17)24-7-2-3-8-24)31(27,28)25-10-12-29-13-11-25/h4-6,9,14H,2-3,7-8,10-13,15H2,1H3,(H,22,26). The van der Waals surface area contributed by atoms with Gasteiger partial charge in [0, 0.05) is 45.6 Å². The third-order valence-corrected chi connectivity index (χ3v) is 8.36. The largest absolute Gasteiger partial charge is 0.379 e. The van der Waals surface area contributed by atoms with Crippen molar-refractivity contribution in [3.8, 4) is 0 Å². The van der Waals surface area contributed by atoms with E-state index in [0.717, 1.165) is 36.8 Å². The first-order valence-electron chi connectivity index (χ1n) is 10.3. The molecule has 1 N–H and O–H groups in total. The molecule has 0 unspecified atom stereocenters. The van der Waals surface area contributed by atoms with Gasteiger partial charge in [-0.3, -0.25) is 4.79 Å². The predicted octanol–water partition coefficient (Wildman–Crippen LogP) is 1.77. The average Bonchev–Trinajstić information content (AvgIpc) is 3.45. The van der Waals surface area contributed by atoms with Gasteiger partial charge < -0.3 is 19.5 Å². The van der Waals surface area contributed by atoms with Gasteiger partial charge >= 0.3 is 0 Å². The van der Waals surface area contributed by atoms with Crippen molar-refractivity contribution in [2.24, 2.45) is 7.05 Å². The van der Waals surface area contributed by atoms with Crippen molar-refractivity contribution in [1.82, 2.24) is 13.9 Å². The Kier molecular flexibility index (Phi) is 6.85. The number of amides is 1. The van der Waals surface area contributed by atoms with E-state index in [1.54, 1.807) is 24.4 Å². The summed E-state index contributed by atoms with van der Waals surface area (Å²) in [7, 11) is -1.78. The number of aryl methyl sites for hydroxylation is 1. The Morgan fingerprint density at radius 3 is 2.61 bits per heavy atom. The lowest BCUT2D eigenvalue weighted by Gasteiger charge is -2.27. The number of benzene rings is 1. The Morgan fingerprint density at radius 1 is 1.19 bits per heavy atom. The molecule has 1 amide bonds. The van der Waals surface area contributed by atoms with Gasteiger partial charge in [-0.2, -0.15) is 4.31 Å². The molecule has 1 aromatic heterocycles. The van der Waals surface area contributed by atoms with Crippen LogP contribution in [0.3, 0.4) is 0 Å². The molecule has 3 heterocycles. The summed E-state index contributed by atoms with van der Waals surface area (Å²) in [5.41, 5.74) is 1.38. The number of morpholine rings is 1. The molecule has 168 valence electrons. The number of imidazole rings is 1. The van der Waals surface area contributed by atoms with Crippen LogP contribution in [0.15, 0.2) is 40.6 Å². The fourth-order valence-corrected chi connectivity index (χ4v) is 5.92. The van der Waals surface area contributed by atoms with E-state index in [0.29, 0.717) is 32.0 Å². The molecule has 0 saturated carbocycles. The minimum Gasteiger partial charge on any atom is -0.379 e. The molecule has 2 aromatic rings. The van der Waals surface area contributed by atoms with Gasteiger partial charge in [0.15, 0.2) is 5.16 Å². The van der Waals surface area contributed by atoms with Crippen LogP contribution in [0.25, 0.3) is 0 Å². The smallest absolute Gasteiger partial charge is 0.243 e. The summed E-state index contributed by atoms with van der Waals surface area (Å²) in [5.74, 6) is -0.0144. The molecule has 0 atom stereocenters. The van der Waals surface area contributed by atoms with Gasteiger partial charge in [-0.1, -0.05) is 11.8 Å². The zero-order valence-electron chi connectivity index (χ0n) is 17.5. The van der Waals surface area contributed by atoms with Crippen LogP contribution in [0.4, 0.5) is 11.4 Å². The van der Waals surface area contributed by atoms with E-state index in [9.17, 15) is 13.2 Å². The summed E-state index contributed by atoms with van der Waals surface area (Å²) in [6, 6.07) is 5.03. The molecule has 1 aromatic carbocycles. The second kappa shape index (κ2) is 9.60. The number of carbonyl (C=O) groups excluding carboxylic acids is 1. The van der Waals surface area contributed by atoms with E-state index in [4.69, 9.17) is 4.74 Å². The topological polar surface area (TPSA) is 96.8 Å². The second-order valence-electron chi connectivity index (χ2n) is 7.55. The Hall–Kier alpha value is -2.08. The molecule has 0 spiro atoms. The molecule has 4 rings (SSSR count). The molecule has 0 bridgehead atoms. The van der Waals surface area contributed by atoms with Gasteiger partial charge in [0.2, 0.25) is 15.9 Å². The van der Waals surface area contributed by atoms with Gasteiger partial charge in [-0.25, -0.2) is 13.4 Å². The van der Waals surface area contributed by atoms with Crippen molar-refractivity contribution < 1.29 is 17.9 Å². The predicted molar refractivity (Wildman–Crippen MR) is 120 cm³/mol. The lowest BCUT2D eigenvalue weighted by Crippen LogP contribution is -2.40. The van der Waals surface area contributed by atoms with E-state index in [2.05, 4.69) is 15.2 Å². The molecular formula is C20H27N5O4S2. The lowest BCUT2D eigenvalue weighted by atomic mass is 10.2. The van der Waals surface area contributed by atoms with E-state index < -0.39 is 10.0 Å². The molecule has 2 saturated heterocycles. The Morgan fingerprint density at radius 2 is 1.94 bits per heavy atom. The molecule has 0 radical (unpaired) electrons. The second-order valence-corrected chi connectivity index (χ2v) is 10.4. The molecule has 11 heteroatoms. The van der Waals surface area contributed by atoms with Crippen molar-refractivity contribution in [3.63, 3.8) is 0 Å². The quantitative estimate of drug-likeness (QED) is 0.623. The van der Waals surface area contributed by atoms with Gasteiger partial charge in [0.25, 0.3) is 0 Å². The number of aromatic nitrogens is 2. The third kappa shape index (κ3) is 5.05. The van der Waals surface area contributed by atoms with Gasteiger partial charge in [0.1, 0.15) is 0 Å². The number of thioether (sulfide) groups is 1. The first kappa shape index (κ1) is 22.1. The summed E-state index contributed by atoms with van der Waals surface area (Å²) in [6.07, 6.45) is 5.67. The molecule has 2 aliphatic heterocycles. The van der Waals surface area contributed by atoms with E-state index in [-0.39, 0.29) is 16.6 Å². The monoisotopic (exact) mass is 465 g/mol. The first-order valence-corrected chi connectivity index (χ1v) is 12.7. The van der Waals surface area contributed by atoms with Gasteiger partial charge in [0.05, 0.1) is 35.2 Å². The van der Waals surface area contributed by atoms with Crippen molar-refractivity contribution in [1.29, 1.82) is 0 Å². The minimum atomic E-state index is -3.65. The maximum Gasteiger partial charge on any atom is 0.243 e. The van der Waals surface area contributed by atoms with Crippen LogP contribution >= 0.6 is 11.8 Å². The summed E-state index contributed by atoms with van der Waals surface area (Å²) in [5, 5.41) is 3.69. The number of ether oxygens (including phenoxy) is 1. The highest BCUT2D eigenvalue weighted by Gasteiger charge is 2.28. The Labute approximate surface area is 186 Å². The van der Waals surface area contributed by atoms with Crippen molar-refractivity contribution in [2.75, 3.05) is 55.4 Å². The Bertz CT molecular complexity index is 1030. The number of rotatable bonds is 7. The van der Waals surface area contributed by atoms with Crippen molar-refractivity contribution in [3.05, 3.63) is 30.6 Å². The maximum absolute atomic E-state index is 13.1. The Balaban J connectivity index is 1.56. The highest BCUT2D eigenvalue weighted by molar-refractivity contribution is 7.99. The number of hydrogen-bond acceptors (Lipinski definition) is 7. The van der Waals surface area contributed by atoms with Crippen LogP contribution < -0.4 is 10.2 Å². The molecule has 2 fully saturated rings. The van der Waals surface area contributed by atoms with Crippen LogP contribution in [0.5, 0.6) is 0 Å². The van der Waals surface area contributed by atoms with Gasteiger partial charge in [-0.05, 0) is 31.0 Å². The zero-order valence-corrected chi connectivity index (χ0v) is 19.1. The number of hydrogen-bond donors (Lipinski definition) is 1. The number of nitrogens with zero attached hydrogens (tertiary/aromatic N) is 4. The summed E-state index contributed by atoms with van der Waals surface area (Å²) < 4.78 is 34.8. The van der Waals surface area contributed by atoms with Crippen molar-refractivity contribution >= 4 is 39.1 Å². The molecule has 0 aliphatic carbocycles. The number of sulfonamides is 1. The van der Waals surface area contributed by atoms with Crippen LogP contribution in [0, 0.1) is 0 Å². The summed E-state index contributed by atoms with van der Waals surface area (Å²) in [4.78, 5) is 19.3. The van der Waals surface area contributed by atoms with Crippen LogP contribution in [-0.2, 0) is 26.6 Å². The first-order chi connectivity index (χ1) is 14.9. The van der Waals surface area contributed by atoms with Crippen LogP contribution in [0.1, 0.15) is 12.8 Å². The third-order valence-electron chi connectivity index (χ3n) is 5.41. The molecule has 31 heavy (non-hydrogen) atoms. The summed E-state index contributed by atoms with van der Waals surface area (Å²) in [6.45, 7) is 3.22. The van der Waals surface area contributed by atoms with Crippen LogP contribution in [-0.4, -0.2) is 73.3 Å². The molecule has 9 nitrogen and oxygen atoms in total. The van der Waals surface area contributed by atoms with Crippen LogP contribution in [0.2, 0.25) is 0 Å². The van der Waals surface area contributed by atoms with E-state index in [1.807, 2.05) is 17.8 Å². The maximum atomic E-state index is 13.1. The van der Waals surface area contributed by atoms with Gasteiger partial charge in [-0.15, -0.1) is 0 Å². The fourth-order valence-electron chi connectivity index (χ4n) is 3.75. The van der Waals surface area contributed by atoms with E-state index >= 15 is 0 Å². The average molecular weight is 466 g/mol. The van der Waals surface area contributed by atoms with Crippen molar-refractivity contribution in [2.45, 2.75) is 22.9 Å².